The molecule has 2 rings (SSSR count). The number of amides is 1. The van der Waals surface area contributed by atoms with Gasteiger partial charge in [0, 0.05) is 18.7 Å². The van der Waals surface area contributed by atoms with Crippen LogP contribution in [0.25, 0.3) is 0 Å². The lowest BCUT2D eigenvalue weighted by Crippen LogP contribution is -2.36. The van der Waals surface area contributed by atoms with Gasteiger partial charge in [-0.25, -0.2) is 0 Å². The molecule has 53 heavy (non-hydrogen) atoms. The second-order valence-electron chi connectivity index (χ2n) is 12.8. The molecule has 6 nitrogen and oxygen atoms in total. The molecule has 0 saturated heterocycles. The number of aryl methyl sites for hydroxylation is 2. The Balaban J connectivity index is -0.00000113. The van der Waals surface area contributed by atoms with Gasteiger partial charge >= 0.3 is 0 Å². The summed E-state index contributed by atoms with van der Waals surface area (Å²) in [6.45, 7) is 35.3. The van der Waals surface area contributed by atoms with E-state index in [-0.39, 0.29) is 5.91 Å². The molecule has 0 aliphatic heterocycles. The zero-order chi connectivity index (χ0) is 41.0. The van der Waals surface area contributed by atoms with Crippen LogP contribution in [-0.4, -0.2) is 68.6 Å². The first-order chi connectivity index (χ1) is 25.3. The molecule has 6 heteroatoms. The van der Waals surface area contributed by atoms with Crippen LogP contribution in [0.1, 0.15) is 109 Å². The van der Waals surface area contributed by atoms with Gasteiger partial charge in [0.25, 0.3) is 12.4 Å². The average molecular weight is 730 g/mol. The largest absolute Gasteiger partial charge is 0.471 e. The third-order valence-corrected chi connectivity index (χ3v) is 7.63. The molecule has 0 saturated carbocycles. The molecular formula is C47H75N3O3. The summed E-state index contributed by atoms with van der Waals surface area (Å²) < 4.78 is 3.86. The van der Waals surface area contributed by atoms with E-state index in [0.717, 1.165) is 61.2 Å². The van der Waals surface area contributed by atoms with E-state index in [1.54, 1.807) is 6.08 Å². The van der Waals surface area contributed by atoms with Crippen LogP contribution in [0.3, 0.4) is 0 Å². The van der Waals surface area contributed by atoms with Gasteiger partial charge in [-0.05, 0) is 133 Å². The smallest absolute Gasteiger partial charge is 0.292 e. The third-order valence-electron chi connectivity index (χ3n) is 7.63. The Bertz CT molecular complexity index is 1380. The number of carbonyl (C=O) groups is 2. The highest BCUT2D eigenvalue weighted by Gasteiger charge is 2.18. The predicted octanol–water partition coefficient (Wildman–Crippen LogP) is 10.8. The molecule has 296 valence electrons. The summed E-state index contributed by atoms with van der Waals surface area (Å²) in [6, 6.07) is 5.98. The fourth-order valence-electron chi connectivity index (χ4n) is 4.77. The zero-order valence-electron chi connectivity index (χ0n) is 35.7. The van der Waals surface area contributed by atoms with Crippen molar-refractivity contribution in [2.75, 3.05) is 46.4 Å². The SMILES string of the molecule is C=CC.C=CC/C=C(\C=C(/C)C#CCN)CN(CCCN(CC)CCC(C)C)C(=O)c1ccc(C)c(C)c1.CC.CC1=CCC=CC(C)=C1.COC=O. The van der Waals surface area contributed by atoms with E-state index >= 15 is 0 Å². The Labute approximate surface area is 326 Å². The number of nitrogens with zero attached hydrogens (tertiary/aromatic N) is 2. The van der Waals surface area contributed by atoms with E-state index in [4.69, 9.17) is 10.5 Å². The van der Waals surface area contributed by atoms with E-state index in [0.29, 0.717) is 32.0 Å². The van der Waals surface area contributed by atoms with Crippen molar-refractivity contribution < 1.29 is 14.3 Å². The molecule has 0 unspecified atom stereocenters. The molecule has 1 aromatic carbocycles. The van der Waals surface area contributed by atoms with Gasteiger partial charge in [-0.3, -0.25) is 9.59 Å². The van der Waals surface area contributed by atoms with Gasteiger partial charge in [-0.15, -0.1) is 13.2 Å². The summed E-state index contributed by atoms with van der Waals surface area (Å²) in [6.07, 6.45) is 20.5. The van der Waals surface area contributed by atoms with Crippen LogP contribution in [0, 0.1) is 31.6 Å². The topological polar surface area (TPSA) is 75.9 Å². The first kappa shape index (κ1) is 53.2. The molecule has 1 aliphatic carbocycles. The predicted molar refractivity (Wildman–Crippen MR) is 233 cm³/mol. The van der Waals surface area contributed by atoms with Gasteiger partial charge in [-0.2, -0.15) is 0 Å². The average Bonchev–Trinajstić information content (AvgIpc) is 3.34. The summed E-state index contributed by atoms with van der Waals surface area (Å²) >= 11 is 0. The number of benzene rings is 1. The summed E-state index contributed by atoms with van der Waals surface area (Å²) in [7, 11) is 1.31. The van der Waals surface area contributed by atoms with Crippen molar-refractivity contribution in [1.29, 1.82) is 0 Å². The van der Waals surface area contributed by atoms with Crippen LogP contribution < -0.4 is 5.73 Å². The normalized spacial score (nSPS) is 11.8. The van der Waals surface area contributed by atoms with Crippen molar-refractivity contribution in [1.82, 2.24) is 9.80 Å². The quantitative estimate of drug-likeness (QED) is 0.0842. The third kappa shape index (κ3) is 30.0. The Morgan fingerprint density at radius 1 is 1.06 bits per heavy atom. The molecule has 0 heterocycles. The van der Waals surface area contributed by atoms with Crippen LogP contribution in [0.5, 0.6) is 0 Å². The van der Waals surface area contributed by atoms with Crippen LogP contribution >= 0.6 is 0 Å². The Morgan fingerprint density at radius 3 is 2.23 bits per heavy atom. The van der Waals surface area contributed by atoms with E-state index in [2.05, 4.69) is 120 Å². The van der Waals surface area contributed by atoms with Gasteiger partial charge in [0.05, 0.1) is 13.7 Å². The lowest BCUT2D eigenvalue weighted by molar-refractivity contribution is -0.126. The van der Waals surface area contributed by atoms with Crippen molar-refractivity contribution in [3.63, 3.8) is 0 Å². The molecule has 0 spiro atoms. The standard InChI is InChI=1S/C31H47N3O.C9H12.C3H6.C2H4O2.C2H6/c1-8-10-14-29(22-26(5)13-11-18-32)24-34(20-12-19-33(9-2)21-17-25(3)4)31(35)30-16-15-27(6)28(7)23-30;1-8-5-3-4-6-9(2)7-8;1-3-2;1-4-2-3;1-2/h8,14-16,22-23,25H,1,9-10,12,17-21,24,32H2,2-7H3;3,5-7H,4H2,1-2H3;3H,1H2,2H3;2H,1H3;1-2H3/b26-22+,29-14+;;;;. The first-order valence-corrected chi connectivity index (χ1v) is 19.1. The minimum absolute atomic E-state index is 0.0712. The number of hydrogen-bond acceptors (Lipinski definition) is 5. The van der Waals surface area contributed by atoms with Crippen LogP contribution in [0.2, 0.25) is 0 Å². The lowest BCUT2D eigenvalue weighted by atomic mass is 10.0. The summed E-state index contributed by atoms with van der Waals surface area (Å²) in [5.41, 5.74) is 13.3. The highest BCUT2D eigenvalue weighted by atomic mass is 16.5. The molecule has 0 aromatic heterocycles. The van der Waals surface area contributed by atoms with E-state index < -0.39 is 0 Å². The number of methoxy groups -OCH3 is 1. The maximum atomic E-state index is 13.6. The molecule has 1 aliphatic rings. The van der Waals surface area contributed by atoms with E-state index in [9.17, 15) is 4.79 Å². The maximum Gasteiger partial charge on any atom is 0.292 e. The molecule has 1 aromatic rings. The fourth-order valence-corrected chi connectivity index (χ4v) is 4.77. The second-order valence-corrected chi connectivity index (χ2v) is 12.8. The van der Waals surface area contributed by atoms with Crippen LogP contribution in [-0.2, 0) is 9.53 Å². The van der Waals surface area contributed by atoms with Crippen LogP contribution in [0.15, 0.2) is 102 Å². The number of carbonyl (C=O) groups excluding carboxylic acids is 2. The summed E-state index contributed by atoms with van der Waals surface area (Å²) in [5, 5.41) is 0. The van der Waals surface area contributed by atoms with Crippen molar-refractivity contribution >= 4 is 12.4 Å². The Kier molecular flexibility index (Phi) is 36.3. The molecule has 0 bridgehead atoms. The number of allylic oxidation sites excluding steroid dienone is 10. The number of rotatable bonds is 15. The van der Waals surface area contributed by atoms with Crippen molar-refractivity contribution in [2.24, 2.45) is 11.7 Å². The van der Waals surface area contributed by atoms with E-state index in [1.165, 1.54) is 30.2 Å². The maximum absolute atomic E-state index is 13.6. The van der Waals surface area contributed by atoms with Gasteiger partial charge < -0.3 is 20.3 Å². The van der Waals surface area contributed by atoms with Gasteiger partial charge in [0.2, 0.25) is 0 Å². The highest BCUT2D eigenvalue weighted by Crippen LogP contribution is 2.16. The molecule has 0 fully saturated rings. The van der Waals surface area contributed by atoms with E-state index in [1.807, 2.05) is 56.9 Å². The molecule has 2 N–H and O–H groups in total. The molecule has 0 radical (unpaired) electrons. The monoisotopic (exact) mass is 730 g/mol. The van der Waals surface area contributed by atoms with Crippen molar-refractivity contribution in [3.8, 4) is 11.8 Å². The van der Waals surface area contributed by atoms with Crippen molar-refractivity contribution in [3.05, 3.63) is 119 Å². The molecule has 1 amide bonds. The van der Waals surface area contributed by atoms with Gasteiger partial charge in [-0.1, -0.05) is 106 Å². The minimum Gasteiger partial charge on any atom is -0.471 e. The number of ether oxygens (including phenoxy) is 1. The highest BCUT2D eigenvalue weighted by molar-refractivity contribution is 5.94. The first-order valence-electron chi connectivity index (χ1n) is 19.1. The lowest BCUT2D eigenvalue weighted by Gasteiger charge is -2.26. The molecular weight excluding hydrogens is 655 g/mol. The van der Waals surface area contributed by atoms with Gasteiger partial charge in [0.15, 0.2) is 0 Å². The summed E-state index contributed by atoms with van der Waals surface area (Å²) in [5.74, 6) is 6.77. The minimum atomic E-state index is 0.0712. The summed E-state index contributed by atoms with van der Waals surface area (Å²) in [4.78, 5) is 27.1. The van der Waals surface area contributed by atoms with Crippen LogP contribution in [0.4, 0.5) is 0 Å². The molecule has 0 atom stereocenters. The van der Waals surface area contributed by atoms with Gasteiger partial charge in [0.1, 0.15) is 0 Å². The fraction of sp³-hybridized carbons (Fsp3) is 0.489. The zero-order valence-corrected chi connectivity index (χ0v) is 35.7. The van der Waals surface area contributed by atoms with Crippen molar-refractivity contribution in [2.45, 2.75) is 102 Å². The number of hydrogen-bond donors (Lipinski definition) is 1. The second kappa shape index (κ2) is 36.2. The number of nitrogens with two attached hydrogens (primary N) is 1. The Hall–Kier alpha value is -4.18. The Morgan fingerprint density at radius 2 is 1.70 bits per heavy atom.